The third kappa shape index (κ3) is 4.36. The van der Waals surface area contributed by atoms with E-state index < -0.39 is 0 Å². The molecule has 3 heterocycles. The first-order valence-corrected chi connectivity index (χ1v) is 12.4. The van der Waals surface area contributed by atoms with Gasteiger partial charge >= 0.3 is 0 Å². The Morgan fingerprint density at radius 3 is 2.57 bits per heavy atom. The summed E-state index contributed by atoms with van der Waals surface area (Å²) in [6.45, 7) is 0.706. The SMILES string of the molecule is Cn1c(=O)cc(-c2cccc(Cl)c2)c2cc(C(c3cncn3Cc3ccccc3)n3ccnc3)ccc21. The van der Waals surface area contributed by atoms with Gasteiger partial charge in [0, 0.05) is 42.5 Å². The van der Waals surface area contributed by atoms with Crippen molar-refractivity contribution in [2.75, 3.05) is 0 Å². The van der Waals surface area contributed by atoms with E-state index in [2.05, 4.69) is 43.4 Å². The standard InChI is InChI=1S/C30H24ClN5O/c1-34-27-11-10-23(15-26(27)25(16-29(34)37)22-8-5-9-24(31)14-22)30(35-13-12-32-19-35)28-17-33-20-36(28)18-21-6-3-2-4-7-21/h2-17,19-20,30H,18H2,1H3. The maximum atomic E-state index is 12.8. The minimum Gasteiger partial charge on any atom is -0.328 e. The van der Waals surface area contributed by atoms with Crippen molar-refractivity contribution in [3.05, 3.63) is 142 Å². The molecule has 37 heavy (non-hydrogen) atoms. The van der Waals surface area contributed by atoms with Crippen LogP contribution in [-0.4, -0.2) is 23.7 Å². The summed E-state index contributed by atoms with van der Waals surface area (Å²) in [5, 5.41) is 1.60. The molecule has 6 aromatic rings. The first-order chi connectivity index (χ1) is 18.1. The van der Waals surface area contributed by atoms with E-state index in [0.29, 0.717) is 11.6 Å². The largest absolute Gasteiger partial charge is 0.328 e. The lowest BCUT2D eigenvalue weighted by molar-refractivity contribution is 0.610. The molecule has 182 valence electrons. The number of hydrogen-bond acceptors (Lipinski definition) is 3. The van der Waals surface area contributed by atoms with Crippen LogP contribution in [0.15, 0.2) is 115 Å². The van der Waals surface area contributed by atoms with Crippen LogP contribution in [-0.2, 0) is 13.6 Å². The molecule has 0 aliphatic rings. The van der Waals surface area contributed by atoms with Gasteiger partial charge in [0.1, 0.15) is 6.04 Å². The normalized spacial score (nSPS) is 12.2. The number of imidazole rings is 2. The van der Waals surface area contributed by atoms with Gasteiger partial charge in [0.25, 0.3) is 5.56 Å². The van der Waals surface area contributed by atoms with Gasteiger partial charge in [-0.1, -0.05) is 60.1 Å². The first kappa shape index (κ1) is 23.0. The number of pyridine rings is 1. The van der Waals surface area contributed by atoms with Crippen LogP contribution < -0.4 is 5.56 Å². The number of aryl methyl sites for hydroxylation is 1. The van der Waals surface area contributed by atoms with Gasteiger partial charge in [-0.05, 0) is 46.5 Å². The van der Waals surface area contributed by atoms with Crippen LogP contribution in [0.1, 0.15) is 22.9 Å². The van der Waals surface area contributed by atoms with Crippen molar-refractivity contribution in [2.24, 2.45) is 7.05 Å². The van der Waals surface area contributed by atoms with Gasteiger partial charge in [-0.15, -0.1) is 0 Å². The van der Waals surface area contributed by atoms with E-state index in [1.165, 1.54) is 5.56 Å². The zero-order chi connectivity index (χ0) is 25.4. The topological polar surface area (TPSA) is 57.6 Å². The van der Waals surface area contributed by atoms with Crippen molar-refractivity contribution in [1.82, 2.24) is 23.7 Å². The fourth-order valence-electron chi connectivity index (χ4n) is 4.93. The van der Waals surface area contributed by atoms with E-state index in [0.717, 1.165) is 33.3 Å². The third-order valence-corrected chi connectivity index (χ3v) is 7.00. The van der Waals surface area contributed by atoms with Crippen LogP contribution >= 0.6 is 11.6 Å². The highest BCUT2D eigenvalue weighted by Gasteiger charge is 2.22. The number of benzene rings is 3. The lowest BCUT2D eigenvalue weighted by atomic mass is 9.96. The van der Waals surface area contributed by atoms with Crippen molar-refractivity contribution >= 4 is 22.5 Å². The summed E-state index contributed by atoms with van der Waals surface area (Å²) in [6, 6.07) is 25.7. The molecule has 0 saturated carbocycles. The molecule has 0 N–H and O–H groups in total. The highest BCUT2D eigenvalue weighted by Crippen LogP contribution is 2.34. The molecule has 0 bridgehead atoms. The fraction of sp³-hybridized carbons (Fsp3) is 0.100. The first-order valence-electron chi connectivity index (χ1n) is 12.0. The molecule has 0 radical (unpaired) electrons. The van der Waals surface area contributed by atoms with Gasteiger partial charge in [0.2, 0.25) is 0 Å². The van der Waals surface area contributed by atoms with Crippen LogP contribution in [0.5, 0.6) is 0 Å². The molecule has 0 aliphatic heterocycles. The van der Waals surface area contributed by atoms with Gasteiger partial charge in [0.15, 0.2) is 0 Å². The number of hydrogen-bond donors (Lipinski definition) is 0. The summed E-state index contributed by atoms with van der Waals surface area (Å²) >= 11 is 6.31. The summed E-state index contributed by atoms with van der Waals surface area (Å²) in [7, 11) is 1.80. The average Bonchev–Trinajstić information content (AvgIpc) is 3.60. The summed E-state index contributed by atoms with van der Waals surface area (Å²) in [6.07, 6.45) is 9.36. The zero-order valence-electron chi connectivity index (χ0n) is 20.2. The minimum absolute atomic E-state index is 0.0673. The molecule has 3 aromatic carbocycles. The predicted octanol–water partition coefficient (Wildman–Crippen LogP) is 5.94. The van der Waals surface area contributed by atoms with Gasteiger partial charge in [-0.2, -0.15) is 0 Å². The highest BCUT2D eigenvalue weighted by molar-refractivity contribution is 6.30. The Morgan fingerprint density at radius 1 is 0.919 bits per heavy atom. The van der Waals surface area contributed by atoms with E-state index in [1.54, 1.807) is 23.9 Å². The van der Waals surface area contributed by atoms with Crippen molar-refractivity contribution in [3.8, 4) is 11.1 Å². The van der Waals surface area contributed by atoms with E-state index in [1.807, 2.05) is 73.6 Å². The zero-order valence-corrected chi connectivity index (χ0v) is 21.0. The highest BCUT2D eigenvalue weighted by atomic mass is 35.5. The maximum absolute atomic E-state index is 12.8. The summed E-state index contributed by atoms with van der Waals surface area (Å²) < 4.78 is 5.93. The maximum Gasteiger partial charge on any atom is 0.251 e. The Bertz CT molecular complexity index is 1750. The molecule has 0 aliphatic carbocycles. The number of nitrogens with zero attached hydrogens (tertiary/aromatic N) is 5. The third-order valence-electron chi connectivity index (χ3n) is 6.77. The second-order valence-electron chi connectivity index (χ2n) is 9.09. The Hall–Kier alpha value is -4.42. The number of rotatable bonds is 6. The fourth-order valence-corrected chi connectivity index (χ4v) is 5.12. The van der Waals surface area contributed by atoms with E-state index >= 15 is 0 Å². The van der Waals surface area contributed by atoms with E-state index in [-0.39, 0.29) is 11.6 Å². The Labute approximate surface area is 219 Å². The van der Waals surface area contributed by atoms with Crippen LogP contribution in [0.2, 0.25) is 5.02 Å². The molecule has 3 aromatic heterocycles. The average molecular weight is 506 g/mol. The van der Waals surface area contributed by atoms with E-state index in [9.17, 15) is 4.79 Å². The molecule has 0 amide bonds. The van der Waals surface area contributed by atoms with Gasteiger partial charge in [-0.25, -0.2) is 9.97 Å². The molecule has 0 fully saturated rings. The summed E-state index contributed by atoms with van der Waals surface area (Å²) in [4.78, 5) is 21.7. The molecule has 7 heteroatoms. The van der Waals surface area contributed by atoms with Crippen LogP contribution in [0.3, 0.4) is 0 Å². The lowest BCUT2D eigenvalue weighted by Gasteiger charge is -2.22. The second kappa shape index (κ2) is 9.56. The second-order valence-corrected chi connectivity index (χ2v) is 9.52. The molecular weight excluding hydrogens is 482 g/mol. The Kier molecular flexibility index (Phi) is 5.94. The Balaban J connectivity index is 1.55. The molecule has 6 nitrogen and oxygen atoms in total. The molecule has 1 unspecified atom stereocenters. The molecule has 0 spiro atoms. The minimum atomic E-state index is -0.164. The number of halogens is 1. The quantitative estimate of drug-likeness (QED) is 0.281. The van der Waals surface area contributed by atoms with Crippen LogP contribution in [0.4, 0.5) is 0 Å². The predicted molar refractivity (Wildman–Crippen MR) is 147 cm³/mol. The summed E-state index contributed by atoms with van der Waals surface area (Å²) in [5.74, 6) is 0. The monoisotopic (exact) mass is 505 g/mol. The van der Waals surface area contributed by atoms with Crippen molar-refractivity contribution in [2.45, 2.75) is 12.6 Å². The van der Waals surface area contributed by atoms with Crippen LogP contribution in [0, 0.1) is 0 Å². The van der Waals surface area contributed by atoms with Gasteiger partial charge in [0.05, 0.1) is 30.1 Å². The lowest BCUT2D eigenvalue weighted by Crippen LogP contribution is -2.18. The number of fused-ring (bicyclic) bond motifs is 1. The Morgan fingerprint density at radius 2 is 1.78 bits per heavy atom. The summed E-state index contributed by atoms with van der Waals surface area (Å²) in [5.41, 5.74) is 5.83. The van der Waals surface area contributed by atoms with Crippen molar-refractivity contribution in [3.63, 3.8) is 0 Å². The number of aromatic nitrogens is 5. The molecule has 6 rings (SSSR count). The molecule has 1 atom stereocenters. The molecular formula is C30H24ClN5O. The van der Waals surface area contributed by atoms with Gasteiger partial charge < -0.3 is 13.7 Å². The van der Waals surface area contributed by atoms with Crippen LogP contribution in [0.25, 0.3) is 22.0 Å². The smallest absolute Gasteiger partial charge is 0.251 e. The molecule has 0 saturated heterocycles. The van der Waals surface area contributed by atoms with Crippen molar-refractivity contribution < 1.29 is 0 Å². The van der Waals surface area contributed by atoms with Gasteiger partial charge in [-0.3, -0.25) is 4.79 Å². The van der Waals surface area contributed by atoms with E-state index in [4.69, 9.17) is 11.6 Å². The van der Waals surface area contributed by atoms with Crippen molar-refractivity contribution in [1.29, 1.82) is 0 Å².